The number of halogens is 2. The second-order valence-electron chi connectivity index (χ2n) is 3.90. The normalized spacial score (nSPS) is 22.2. The van der Waals surface area contributed by atoms with Gasteiger partial charge in [-0.2, -0.15) is 0 Å². The summed E-state index contributed by atoms with van der Waals surface area (Å²) in [6.07, 6.45) is 6.78. The van der Waals surface area contributed by atoms with Crippen molar-refractivity contribution in [3.63, 3.8) is 0 Å². The smallest absolute Gasteiger partial charge is 0.119 e. The SMILES string of the molecule is CC1=C(C2=CC(Cl)=C(F)CC2)N=CCC1. The molecule has 15 heavy (non-hydrogen) atoms. The number of rotatable bonds is 1. The van der Waals surface area contributed by atoms with Crippen LogP contribution in [0.2, 0.25) is 0 Å². The van der Waals surface area contributed by atoms with E-state index in [0.717, 1.165) is 24.1 Å². The quantitative estimate of drug-likeness (QED) is 0.632. The molecular weight excluding hydrogens is 213 g/mol. The molecule has 1 heterocycles. The molecule has 0 aromatic rings. The van der Waals surface area contributed by atoms with Crippen molar-refractivity contribution in [1.82, 2.24) is 0 Å². The average Bonchev–Trinajstić information content (AvgIpc) is 2.23. The maximum atomic E-state index is 13.1. The molecule has 2 aliphatic rings. The van der Waals surface area contributed by atoms with Crippen molar-refractivity contribution in [1.29, 1.82) is 0 Å². The Morgan fingerprint density at radius 3 is 2.80 bits per heavy atom. The predicted molar refractivity (Wildman–Crippen MR) is 61.7 cm³/mol. The molecule has 0 saturated carbocycles. The number of nitrogens with zero attached hydrogens (tertiary/aromatic N) is 1. The lowest BCUT2D eigenvalue weighted by atomic mass is 9.95. The lowest BCUT2D eigenvalue weighted by Crippen LogP contribution is -2.01. The molecule has 0 aromatic carbocycles. The van der Waals surface area contributed by atoms with Gasteiger partial charge in [-0.05, 0) is 43.4 Å². The summed E-state index contributed by atoms with van der Waals surface area (Å²) in [5, 5.41) is 0.234. The largest absolute Gasteiger partial charge is 0.261 e. The van der Waals surface area contributed by atoms with E-state index in [9.17, 15) is 4.39 Å². The number of hydrogen-bond donors (Lipinski definition) is 0. The van der Waals surface area contributed by atoms with Gasteiger partial charge in [-0.1, -0.05) is 11.6 Å². The predicted octanol–water partition coefficient (Wildman–Crippen LogP) is 4.27. The van der Waals surface area contributed by atoms with E-state index < -0.39 is 0 Å². The van der Waals surface area contributed by atoms with Crippen LogP contribution in [0.5, 0.6) is 0 Å². The van der Waals surface area contributed by atoms with E-state index in [-0.39, 0.29) is 10.9 Å². The maximum Gasteiger partial charge on any atom is 0.119 e. The van der Waals surface area contributed by atoms with Crippen molar-refractivity contribution in [3.05, 3.63) is 33.8 Å². The van der Waals surface area contributed by atoms with Gasteiger partial charge < -0.3 is 0 Å². The minimum atomic E-state index is -0.210. The van der Waals surface area contributed by atoms with Crippen molar-refractivity contribution in [3.8, 4) is 0 Å². The van der Waals surface area contributed by atoms with Gasteiger partial charge in [0.05, 0.1) is 10.7 Å². The van der Waals surface area contributed by atoms with E-state index in [1.54, 1.807) is 6.08 Å². The first-order chi connectivity index (χ1) is 7.18. The maximum absolute atomic E-state index is 13.1. The van der Waals surface area contributed by atoms with Crippen LogP contribution >= 0.6 is 11.6 Å². The molecule has 0 N–H and O–H groups in total. The molecule has 3 heteroatoms. The van der Waals surface area contributed by atoms with Crippen LogP contribution in [0.3, 0.4) is 0 Å². The van der Waals surface area contributed by atoms with Crippen LogP contribution in [-0.2, 0) is 0 Å². The van der Waals surface area contributed by atoms with Gasteiger partial charge in [0.2, 0.25) is 0 Å². The molecule has 0 bridgehead atoms. The lowest BCUT2D eigenvalue weighted by Gasteiger charge is -2.17. The van der Waals surface area contributed by atoms with Crippen molar-refractivity contribution < 1.29 is 4.39 Å². The Kier molecular flexibility index (Phi) is 3.06. The van der Waals surface area contributed by atoms with E-state index in [2.05, 4.69) is 11.9 Å². The summed E-state index contributed by atoms with van der Waals surface area (Å²) in [4.78, 5) is 4.38. The first kappa shape index (κ1) is 10.6. The molecule has 1 nitrogen and oxygen atoms in total. The van der Waals surface area contributed by atoms with Crippen LogP contribution in [0.15, 0.2) is 38.8 Å². The highest BCUT2D eigenvalue weighted by Gasteiger charge is 2.17. The van der Waals surface area contributed by atoms with Crippen molar-refractivity contribution in [2.75, 3.05) is 0 Å². The third kappa shape index (κ3) is 2.20. The van der Waals surface area contributed by atoms with Gasteiger partial charge in [-0.25, -0.2) is 4.39 Å². The molecule has 2 rings (SSSR count). The minimum Gasteiger partial charge on any atom is -0.261 e. The van der Waals surface area contributed by atoms with Gasteiger partial charge in [-0.15, -0.1) is 0 Å². The number of aliphatic imine (C=N–C) groups is 1. The zero-order valence-electron chi connectivity index (χ0n) is 8.69. The highest BCUT2D eigenvalue weighted by Crippen LogP contribution is 2.34. The monoisotopic (exact) mass is 225 g/mol. The number of allylic oxidation sites excluding steroid dienone is 5. The van der Waals surface area contributed by atoms with Gasteiger partial charge in [0.1, 0.15) is 5.83 Å². The Labute approximate surface area is 94.0 Å². The van der Waals surface area contributed by atoms with Crippen LogP contribution in [0, 0.1) is 0 Å². The highest BCUT2D eigenvalue weighted by atomic mass is 35.5. The van der Waals surface area contributed by atoms with Crippen molar-refractivity contribution in [2.45, 2.75) is 32.6 Å². The summed E-state index contributed by atoms with van der Waals surface area (Å²) in [6.45, 7) is 2.08. The van der Waals surface area contributed by atoms with Gasteiger partial charge in [-0.3, -0.25) is 4.99 Å². The molecule has 0 spiro atoms. The highest BCUT2D eigenvalue weighted by molar-refractivity contribution is 6.31. The third-order valence-corrected chi connectivity index (χ3v) is 3.07. The van der Waals surface area contributed by atoms with E-state index in [1.807, 2.05) is 6.21 Å². The van der Waals surface area contributed by atoms with Crippen LogP contribution < -0.4 is 0 Å². The summed E-state index contributed by atoms with van der Waals surface area (Å²) in [5.74, 6) is -0.210. The van der Waals surface area contributed by atoms with Crippen molar-refractivity contribution in [2.24, 2.45) is 4.99 Å². The molecule has 0 fully saturated rings. The van der Waals surface area contributed by atoms with E-state index >= 15 is 0 Å². The summed E-state index contributed by atoms with van der Waals surface area (Å²) >= 11 is 5.78. The first-order valence-electron chi connectivity index (χ1n) is 5.16. The molecule has 0 amide bonds. The molecular formula is C12H13ClFN. The van der Waals surface area contributed by atoms with Gasteiger partial charge >= 0.3 is 0 Å². The lowest BCUT2D eigenvalue weighted by molar-refractivity contribution is 0.579. The fourth-order valence-electron chi connectivity index (χ4n) is 1.88. The topological polar surface area (TPSA) is 12.4 Å². The van der Waals surface area contributed by atoms with Crippen LogP contribution in [0.25, 0.3) is 0 Å². The van der Waals surface area contributed by atoms with Gasteiger partial charge in [0, 0.05) is 12.6 Å². The standard InChI is InChI=1S/C12H13ClFN/c1-8-3-2-6-15-12(8)9-4-5-11(14)10(13)7-9/h6-7H,2-5H2,1H3. The van der Waals surface area contributed by atoms with Crippen LogP contribution in [-0.4, -0.2) is 6.21 Å². The second kappa shape index (κ2) is 4.31. The fourth-order valence-corrected chi connectivity index (χ4v) is 2.10. The number of hydrogen-bond acceptors (Lipinski definition) is 1. The summed E-state index contributed by atoms with van der Waals surface area (Å²) in [7, 11) is 0. The molecule has 0 aromatic heterocycles. The molecule has 1 aliphatic carbocycles. The molecule has 1 aliphatic heterocycles. The molecule has 0 saturated heterocycles. The van der Waals surface area contributed by atoms with Crippen molar-refractivity contribution >= 4 is 17.8 Å². The molecule has 0 radical (unpaired) electrons. The Morgan fingerprint density at radius 2 is 2.13 bits per heavy atom. The van der Waals surface area contributed by atoms with E-state index in [0.29, 0.717) is 12.8 Å². The Hall–Kier alpha value is -0.890. The Morgan fingerprint density at radius 1 is 1.33 bits per heavy atom. The fraction of sp³-hybridized carbons (Fsp3) is 0.417. The molecule has 80 valence electrons. The van der Waals surface area contributed by atoms with E-state index in [4.69, 9.17) is 11.6 Å². The zero-order chi connectivity index (χ0) is 10.8. The minimum absolute atomic E-state index is 0.210. The first-order valence-corrected chi connectivity index (χ1v) is 5.53. The van der Waals surface area contributed by atoms with Gasteiger partial charge in [0.15, 0.2) is 0 Å². The van der Waals surface area contributed by atoms with Gasteiger partial charge in [0.25, 0.3) is 0 Å². The zero-order valence-corrected chi connectivity index (χ0v) is 9.44. The summed E-state index contributed by atoms with van der Waals surface area (Å²) in [5.41, 5.74) is 3.34. The van der Waals surface area contributed by atoms with E-state index in [1.165, 1.54) is 5.57 Å². The summed E-state index contributed by atoms with van der Waals surface area (Å²) in [6, 6.07) is 0. The van der Waals surface area contributed by atoms with Crippen LogP contribution in [0.1, 0.15) is 32.6 Å². The molecule has 0 atom stereocenters. The average molecular weight is 226 g/mol. The molecule has 0 unspecified atom stereocenters. The Bertz CT molecular complexity index is 402. The summed E-state index contributed by atoms with van der Waals surface area (Å²) < 4.78 is 13.1. The third-order valence-electron chi connectivity index (χ3n) is 2.75. The Balaban J connectivity index is 2.33. The van der Waals surface area contributed by atoms with Crippen LogP contribution in [0.4, 0.5) is 4.39 Å². The second-order valence-corrected chi connectivity index (χ2v) is 4.31.